The Kier molecular flexibility index (Phi) is 5.49. The van der Waals surface area contributed by atoms with Gasteiger partial charge in [-0.2, -0.15) is 0 Å². The zero-order valence-electron chi connectivity index (χ0n) is 20.6. The van der Waals surface area contributed by atoms with E-state index in [0.29, 0.717) is 13.2 Å². The van der Waals surface area contributed by atoms with Crippen LogP contribution in [0.2, 0.25) is 0 Å². The summed E-state index contributed by atoms with van der Waals surface area (Å²) in [5, 5.41) is 2.86. The molecule has 0 bridgehead atoms. The first kappa shape index (κ1) is 22.4. The fourth-order valence-electron chi connectivity index (χ4n) is 5.81. The molecule has 0 fully saturated rings. The second kappa shape index (κ2) is 8.83. The number of benzene rings is 4. The number of alkyl carbamates (subject to hydrolysis) is 1. The third kappa shape index (κ3) is 3.72. The van der Waals surface area contributed by atoms with Crippen molar-refractivity contribution in [3.8, 4) is 22.3 Å². The summed E-state index contributed by atoms with van der Waals surface area (Å²) in [5.41, 5.74) is 11.3. The first-order valence-electron chi connectivity index (χ1n) is 12.5. The summed E-state index contributed by atoms with van der Waals surface area (Å²) < 4.78 is 5.63. The lowest BCUT2D eigenvalue weighted by molar-refractivity contribution is 0.144. The number of rotatable bonds is 5. The molecular weight excluding hydrogens is 442 g/mol. The van der Waals surface area contributed by atoms with E-state index in [9.17, 15) is 4.79 Å². The Balaban J connectivity index is 1.07. The number of hydrogen-bond acceptors (Lipinski definition) is 2. The molecule has 0 saturated carbocycles. The maximum atomic E-state index is 12.4. The van der Waals surface area contributed by atoms with Crippen molar-refractivity contribution in [2.75, 3.05) is 13.2 Å². The lowest BCUT2D eigenvalue weighted by Gasteiger charge is -2.21. The highest BCUT2D eigenvalue weighted by Gasteiger charge is 2.35. The monoisotopic (exact) mass is 471 g/mol. The molecule has 2 aliphatic carbocycles. The summed E-state index contributed by atoms with van der Waals surface area (Å²) in [7, 11) is 0. The zero-order chi connectivity index (χ0) is 24.7. The Hall–Kier alpha value is -4.11. The van der Waals surface area contributed by atoms with E-state index in [0.717, 1.165) is 5.56 Å². The van der Waals surface area contributed by atoms with Crippen LogP contribution in [0.15, 0.2) is 97.1 Å². The summed E-state index contributed by atoms with van der Waals surface area (Å²) in [6.45, 7) is 5.30. The van der Waals surface area contributed by atoms with Gasteiger partial charge in [0, 0.05) is 17.9 Å². The van der Waals surface area contributed by atoms with E-state index < -0.39 is 6.09 Å². The Labute approximate surface area is 212 Å². The number of ether oxygens (including phenoxy) is 1. The van der Waals surface area contributed by atoms with Crippen molar-refractivity contribution in [3.05, 3.63) is 125 Å². The number of fused-ring (bicyclic) bond motifs is 6. The highest BCUT2D eigenvalue weighted by molar-refractivity contribution is 5.82. The first-order chi connectivity index (χ1) is 17.5. The van der Waals surface area contributed by atoms with Crippen LogP contribution in [0.3, 0.4) is 0 Å². The third-order valence-corrected chi connectivity index (χ3v) is 7.63. The smallest absolute Gasteiger partial charge is 0.407 e. The van der Waals surface area contributed by atoms with Gasteiger partial charge in [0.15, 0.2) is 0 Å². The van der Waals surface area contributed by atoms with E-state index in [4.69, 9.17) is 4.74 Å². The summed E-state index contributed by atoms with van der Waals surface area (Å²) in [4.78, 5) is 12.4. The summed E-state index contributed by atoms with van der Waals surface area (Å²) in [5.74, 6) is 0.0672. The minimum absolute atomic E-state index is 0.0185. The molecule has 1 N–H and O–H groups in total. The number of nitrogens with one attached hydrogen (secondary N) is 1. The normalized spacial score (nSPS) is 14.7. The average molecular weight is 472 g/mol. The Bertz CT molecular complexity index is 1450. The van der Waals surface area contributed by atoms with Crippen LogP contribution < -0.4 is 5.32 Å². The molecule has 6 rings (SSSR count). The van der Waals surface area contributed by atoms with E-state index >= 15 is 0 Å². The fourth-order valence-corrected chi connectivity index (χ4v) is 5.81. The van der Waals surface area contributed by atoms with E-state index in [2.05, 4.69) is 104 Å². The molecule has 2 aliphatic rings. The molecule has 0 unspecified atom stereocenters. The number of carbonyl (C=O) groups is 1. The zero-order valence-corrected chi connectivity index (χ0v) is 20.6. The maximum absolute atomic E-state index is 12.4. The van der Waals surface area contributed by atoms with Crippen molar-refractivity contribution in [1.82, 2.24) is 5.32 Å². The SMILES string of the molecule is CC1(C)c2ccccc2-c2ccc(C=CCNC(=O)OCC3c4ccccc4-c4ccccc43)cc21. The van der Waals surface area contributed by atoms with E-state index in [-0.39, 0.29) is 11.3 Å². The molecule has 3 heteroatoms. The number of amides is 1. The van der Waals surface area contributed by atoms with Gasteiger partial charge in [0.1, 0.15) is 6.61 Å². The van der Waals surface area contributed by atoms with E-state index in [1.54, 1.807) is 0 Å². The Morgan fingerprint density at radius 1 is 0.806 bits per heavy atom. The molecule has 0 spiro atoms. The highest BCUT2D eigenvalue weighted by Crippen LogP contribution is 2.48. The van der Waals surface area contributed by atoms with Gasteiger partial charge in [0.25, 0.3) is 0 Å². The predicted octanol–water partition coefficient (Wildman–Crippen LogP) is 7.54. The molecule has 36 heavy (non-hydrogen) atoms. The van der Waals surface area contributed by atoms with Crippen LogP contribution in [-0.4, -0.2) is 19.2 Å². The van der Waals surface area contributed by atoms with Gasteiger partial charge < -0.3 is 10.1 Å². The van der Waals surface area contributed by atoms with Gasteiger partial charge in [0.05, 0.1) is 0 Å². The largest absolute Gasteiger partial charge is 0.449 e. The standard InChI is InChI=1S/C33H29NO2/c1-33(2)30-16-8-7-15-27(30)28-18-17-22(20-31(28)33)10-9-19-34-32(35)36-21-29-25-13-5-3-11-23(25)24-12-4-6-14-26(24)29/h3-18,20,29H,19,21H2,1-2H3,(H,34,35). The van der Waals surface area contributed by atoms with E-state index in [1.807, 2.05) is 18.2 Å². The molecule has 0 aliphatic heterocycles. The minimum Gasteiger partial charge on any atom is -0.449 e. The lowest BCUT2D eigenvalue weighted by atomic mass is 9.82. The van der Waals surface area contributed by atoms with Crippen LogP contribution in [0.4, 0.5) is 4.79 Å². The molecule has 0 atom stereocenters. The molecule has 3 nitrogen and oxygen atoms in total. The van der Waals surface area contributed by atoms with Crippen molar-refractivity contribution in [1.29, 1.82) is 0 Å². The third-order valence-electron chi connectivity index (χ3n) is 7.63. The Morgan fingerprint density at radius 2 is 1.42 bits per heavy atom. The molecule has 0 aromatic heterocycles. The highest BCUT2D eigenvalue weighted by atomic mass is 16.5. The van der Waals surface area contributed by atoms with Crippen LogP contribution in [0.25, 0.3) is 28.3 Å². The number of carbonyl (C=O) groups excluding carboxylic acids is 1. The van der Waals surface area contributed by atoms with Gasteiger partial charge in [0.2, 0.25) is 0 Å². The van der Waals surface area contributed by atoms with Gasteiger partial charge >= 0.3 is 6.09 Å². The summed E-state index contributed by atoms with van der Waals surface area (Å²) in [6, 6.07) is 32.0. The summed E-state index contributed by atoms with van der Waals surface area (Å²) >= 11 is 0. The second-order valence-corrected chi connectivity index (χ2v) is 10.1. The quantitative estimate of drug-likeness (QED) is 0.326. The van der Waals surface area contributed by atoms with E-state index in [1.165, 1.54) is 44.5 Å². The van der Waals surface area contributed by atoms with Crippen molar-refractivity contribution in [2.24, 2.45) is 0 Å². The molecule has 0 saturated heterocycles. The lowest BCUT2D eigenvalue weighted by Crippen LogP contribution is -2.26. The van der Waals surface area contributed by atoms with Crippen molar-refractivity contribution >= 4 is 12.2 Å². The first-order valence-corrected chi connectivity index (χ1v) is 12.5. The molecule has 4 aromatic rings. The molecule has 4 aromatic carbocycles. The number of hydrogen-bond donors (Lipinski definition) is 1. The predicted molar refractivity (Wildman–Crippen MR) is 146 cm³/mol. The molecule has 178 valence electrons. The fraction of sp³-hybridized carbons (Fsp3) is 0.182. The van der Waals surface area contributed by atoms with Gasteiger partial charge in [-0.25, -0.2) is 4.79 Å². The molecular formula is C33H29NO2. The van der Waals surface area contributed by atoms with Crippen molar-refractivity contribution in [3.63, 3.8) is 0 Å². The van der Waals surface area contributed by atoms with Crippen LogP contribution in [0, 0.1) is 0 Å². The van der Waals surface area contributed by atoms with Crippen LogP contribution in [0.1, 0.15) is 47.6 Å². The van der Waals surface area contributed by atoms with Gasteiger partial charge in [-0.3, -0.25) is 0 Å². The maximum Gasteiger partial charge on any atom is 0.407 e. The topological polar surface area (TPSA) is 38.3 Å². The molecule has 0 radical (unpaired) electrons. The second-order valence-electron chi connectivity index (χ2n) is 10.1. The molecule has 0 heterocycles. The summed E-state index contributed by atoms with van der Waals surface area (Å²) in [6.07, 6.45) is 3.63. The molecule has 1 amide bonds. The Morgan fingerprint density at radius 3 is 2.14 bits per heavy atom. The van der Waals surface area contributed by atoms with Crippen LogP contribution in [0.5, 0.6) is 0 Å². The average Bonchev–Trinajstić information content (AvgIpc) is 3.34. The minimum atomic E-state index is -0.396. The van der Waals surface area contributed by atoms with Gasteiger partial charge in [-0.15, -0.1) is 0 Å². The van der Waals surface area contributed by atoms with Crippen LogP contribution >= 0.6 is 0 Å². The van der Waals surface area contributed by atoms with Crippen LogP contribution in [-0.2, 0) is 10.2 Å². The van der Waals surface area contributed by atoms with Gasteiger partial charge in [-0.1, -0.05) is 117 Å². The van der Waals surface area contributed by atoms with Crippen molar-refractivity contribution in [2.45, 2.75) is 25.2 Å². The van der Waals surface area contributed by atoms with Crippen molar-refractivity contribution < 1.29 is 9.53 Å². The van der Waals surface area contributed by atoms with Gasteiger partial charge in [-0.05, 0) is 50.1 Å².